The summed E-state index contributed by atoms with van der Waals surface area (Å²) >= 11 is 0. The van der Waals surface area contributed by atoms with Gasteiger partial charge in [-0.15, -0.1) is 0 Å². The maximum Gasteiger partial charge on any atom is 0.231 e. The summed E-state index contributed by atoms with van der Waals surface area (Å²) in [6.45, 7) is 6.26. The Kier molecular flexibility index (Phi) is 2.78. The van der Waals surface area contributed by atoms with Gasteiger partial charge in [0, 0.05) is 12.0 Å². The Labute approximate surface area is 90.2 Å². The fourth-order valence-corrected chi connectivity index (χ4v) is 2.01. The zero-order valence-electron chi connectivity index (χ0n) is 9.60. The average Bonchev–Trinajstić information content (AvgIpc) is 2.87. The topological polar surface area (TPSA) is 64.9 Å². The van der Waals surface area contributed by atoms with E-state index in [1.165, 1.54) is 12.8 Å². The van der Waals surface area contributed by atoms with Gasteiger partial charge in [0.1, 0.15) is 0 Å². The zero-order chi connectivity index (χ0) is 11.0. The van der Waals surface area contributed by atoms with Crippen LogP contribution in [0, 0.1) is 5.92 Å². The first-order valence-electron chi connectivity index (χ1n) is 5.68. The normalized spacial score (nSPS) is 20.6. The molecule has 0 amide bonds. The lowest BCUT2D eigenvalue weighted by atomic mass is 9.90. The molecule has 0 aromatic carbocycles. The second-order valence-electron chi connectivity index (χ2n) is 4.89. The van der Waals surface area contributed by atoms with E-state index in [1.807, 2.05) is 6.92 Å². The predicted octanol–water partition coefficient (Wildman–Crippen LogP) is 2.03. The summed E-state index contributed by atoms with van der Waals surface area (Å²) in [5, 5.41) is 4.02. The van der Waals surface area contributed by atoms with Crippen LogP contribution in [-0.4, -0.2) is 16.2 Å². The highest BCUT2D eigenvalue weighted by atomic mass is 16.5. The molecule has 0 bridgehead atoms. The molecule has 1 aliphatic carbocycles. The van der Waals surface area contributed by atoms with Crippen LogP contribution in [0.2, 0.25) is 0 Å². The van der Waals surface area contributed by atoms with Crippen molar-refractivity contribution in [1.29, 1.82) is 0 Å². The van der Waals surface area contributed by atoms with E-state index in [9.17, 15) is 0 Å². The van der Waals surface area contributed by atoms with E-state index in [1.54, 1.807) is 0 Å². The lowest BCUT2D eigenvalue weighted by molar-refractivity contribution is 0.298. The Balaban J connectivity index is 2.17. The van der Waals surface area contributed by atoms with Crippen LogP contribution < -0.4 is 5.73 Å². The van der Waals surface area contributed by atoms with Crippen LogP contribution in [-0.2, 0) is 0 Å². The van der Waals surface area contributed by atoms with Gasteiger partial charge < -0.3 is 10.3 Å². The average molecular weight is 209 g/mol. The number of nitrogens with zero attached hydrogens (tertiary/aromatic N) is 2. The molecule has 2 unspecified atom stereocenters. The SMILES string of the molecule is CC(C)C(c1nc(C2CC2)no1)C(C)N. The molecule has 0 saturated heterocycles. The monoisotopic (exact) mass is 209 g/mol. The smallest absolute Gasteiger partial charge is 0.231 e. The Morgan fingerprint density at radius 3 is 2.47 bits per heavy atom. The second kappa shape index (κ2) is 3.93. The number of hydrogen-bond acceptors (Lipinski definition) is 4. The molecule has 15 heavy (non-hydrogen) atoms. The minimum Gasteiger partial charge on any atom is -0.339 e. The lowest BCUT2D eigenvalue weighted by Gasteiger charge is -2.20. The third-order valence-electron chi connectivity index (χ3n) is 2.97. The first-order chi connectivity index (χ1) is 7.09. The van der Waals surface area contributed by atoms with Crippen LogP contribution in [0.1, 0.15) is 57.2 Å². The summed E-state index contributed by atoms with van der Waals surface area (Å²) in [5.41, 5.74) is 5.94. The summed E-state index contributed by atoms with van der Waals surface area (Å²) in [6, 6.07) is 0.0532. The van der Waals surface area contributed by atoms with Crippen molar-refractivity contribution >= 4 is 0 Å². The van der Waals surface area contributed by atoms with Crippen molar-refractivity contribution in [1.82, 2.24) is 10.1 Å². The molecule has 2 rings (SSSR count). The summed E-state index contributed by atoms with van der Waals surface area (Å²) < 4.78 is 5.31. The van der Waals surface area contributed by atoms with E-state index in [0.717, 1.165) is 5.82 Å². The van der Waals surface area contributed by atoms with Gasteiger partial charge in [0.2, 0.25) is 5.89 Å². The van der Waals surface area contributed by atoms with Gasteiger partial charge in [-0.2, -0.15) is 4.98 Å². The van der Waals surface area contributed by atoms with Gasteiger partial charge in [0.25, 0.3) is 0 Å². The van der Waals surface area contributed by atoms with E-state index in [2.05, 4.69) is 24.0 Å². The van der Waals surface area contributed by atoms with Crippen molar-refractivity contribution in [3.63, 3.8) is 0 Å². The summed E-state index contributed by atoms with van der Waals surface area (Å²) in [7, 11) is 0. The minimum atomic E-state index is 0.0532. The zero-order valence-corrected chi connectivity index (χ0v) is 9.60. The molecule has 1 fully saturated rings. The van der Waals surface area contributed by atoms with Crippen LogP contribution in [0.15, 0.2) is 4.52 Å². The highest BCUT2D eigenvalue weighted by Crippen LogP contribution is 2.39. The fraction of sp³-hybridized carbons (Fsp3) is 0.818. The van der Waals surface area contributed by atoms with Gasteiger partial charge in [-0.25, -0.2) is 0 Å². The van der Waals surface area contributed by atoms with Gasteiger partial charge >= 0.3 is 0 Å². The van der Waals surface area contributed by atoms with Crippen LogP contribution in [0.5, 0.6) is 0 Å². The maximum atomic E-state index is 5.94. The minimum absolute atomic E-state index is 0.0532. The Bertz CT molecular complexity index is 320. The molecule has 1 aromatic heterocycles. The molecule has 4 nitrogen and oxygen atoms in total. The molecule has 84 valence electrons. The van der Waals surface area contributed by atoms with E-state index in [-0.39, 0.29) is 12.0 Å². The maximum absolute atomic E-state index is 5.94. The number of aromatic nitrogens is 2. The van der Waals surface area contributed by atoms with Crippen molar-refractivity contribution < 1.29 is 4.52 Å². The first-order valence-corrected chi connectivity index (χ1v) is 5.68. The van der Waals surface area contributed by atoms with Crippen molar-refractivity contribution in [3.8, 4) is 0 Å². The molecule has 1 saturated carbocycles. The fourth-order valence-electron chi connectivity index (χ4n) is 2.01. The molecule has 1 heterocycles. The Morgan fingerprint density at radius 1 is 1.33 bits per heavy atom. The van der Waals surface area contributed by atoms with Crippen molar-refractivity contribution in [2.24, 2.45) is 11.7 Å². The molecule has 2 atom stereocenters. The molecule has 0 aliphatic heterocycles. The van der Waals surface area contributed by atoms with E-state index in [4.69, 9.17) is 10.3 Å². The first kappa shape index (κ1) is 10.6. The van der Waals surface area contributed by atoms with E-state index < -0.39 is 0 Å². The van der Waals surface area contributed by atoms with Gasteiger partial charge in [-0.1, -0.05) is 19.0 Å². The molecule has 1 aromatic rings. The quantitative estimate of drug-likeness (QED) is 0.824. The van der Waals surface area contributed by atoms with E-state index in [0.29, 0.717) is 17.7 Å². The standard InChI is InChI=1S/C11H19N3O/c1-6(2)9(7(3)12)11-13-10(14-15-11)8-4-5-8/h6-9H,4-5,12H2,1-3H3. The van der Waals surface area contributed by atoms with Gasteiger partial charge in [-0.3, -0.25) is 0 Å². The van der Waals surface area contributed by atoms with Crippen LogP contribution in [0.3, 0.4) is 0 Å². The lowest BCUT2D eigenvalue weighted by Crippen LogP contribution is -2.28. The van der Waals surface area contributed by atoms with Crippen LogP contribution in [0.25, 0.3) is 0 Å². The van der Waals surface area contributed by atoms with Crippen molar-refractivity contribution in [3.05, 3.63) is 11.7 Å². The molecule has 4 heteroatoms. The number of nitrogens with two attached hydrogens (primary N) is 1. The molecular formula is C11H19N3O. The van der Waals surface area contributed by atoms with Crippen LogP contribution in [0.4, 0.5) is 0 Å². The highest BCUT2D eigenvalue weighted by Gasteiger charge is 2.32. The second-order valence-corrected chi connectivity index (χ2v) is 4.89. The van der Waals surface area contributed by atoms with Crippen LogP contribution >= 0.6 is 0 Å². The molecule has 0 spiro atoms. The van der Waals surface area contributed by atoms with Gasteiger partial charge in [0.15, 0.2) is 5.82 Å². The van der Waals surface area contributed by atoms with Gasteiger partial charge in [0.05, 0.1) is 5.92 Å². The summed E-state index contributed by atoms with van der Waals surface area (Å²) in [5.74, 6) is 2.73. The summed E-state index contributed by atoms with van der Waals surface area (Å²) in [4.78, 5) is 4.46. The Hall–Kier alpha value is -0.900. The molecular weight excluding hydrogens is 190 g/mol. The largest absolute Gasteiger partial charge is 0.339 e. The number of hydrogen-bond donors (Lipinski definition) is 1. The van der Waals surface area contributed by atoms with Crippen molar-refractivity contribution in [2.45, 2.75) is 51.5 Å². The number of rotatable bonds is 4. The summed E-state index contributed by atoms with van der Waals surface area (Å²) in [6.07, 6.45) is 2.40. The third-order valence-corrected chi connectivity index (χ3v) is 2.97. The third kappa shape index (κ3) is 2.20. The molecule has 2 N–H and O–H groups in total. The van der Waals surface area contributed by atoms with E-state index >= 15 is 0 Å². The van der Waals surface area contributed by atoms with Crippen molar-refractivity contribution in [2.75, 3.05) is 0 Å². The van der Waals surface area contributed by atoms with Gasteiger partial charge in [-0.05, 0) is 25.7 Å². The predicted molar refractivity (Wildman–Crippen MR) is 57.5 cm³/mol. The Morgan fingerprint density at radius 2 is 2.00 bits per heavy atom. The highest BCUT2D eigenvalue weighted by molar-refractivity contribution is 5.06. The molecule has 1 aliphatic rings. The molecule has 0 radical (unpaired) electrons.